The lowest BCUT2D eigenvalue weighted by Gasteiger charge is -2.11. The monoisotopic (exact) mass is 294 g/mol. The first-order valence-electron chi connectivity index (χ1n) is 7.34. The highest BCUT2D eigenvalue weighted by molar-refractivity contribution is 6.00. The summed E-state index contributed by atoms with van der Waals surface area (Å²) in [7, 11) is 1.65. The van der Waals surface area contributed by atoms with Crippen molar-refractivity contribution in [1.82, 2.24) is 0 Å². The second-order valence-corrected chi connectivity index (χ2v) is 5.22. The number of Topliss-reactive ketones (excluding diaryl/α,β-unsaturated/α-hetero) is 1. The minimum Gasteiger partial charge on any atom is -0.497 e. The van der Waals surface area contributed by atoms with Gasteiger partial charge in [-0.25, -0.2) is 0 Å². The Labute approximate surface area is 130 Å². The van der Waals surface area contributed by atoms with Crippen molar-refractivity contribution in [3.05, 3.63) is 71.3 Å². The first-order chi connectivity index (χ1) is 10.8. The number of methoxy groups -OCH3 is 1. The molecule has 0 N–H and O–H groups in total. The molecule has 0 aromatic heterocycles. The minimum absolute atomic E-state index is 0.0731. The summed E-state index contributed by atoms with van der Waals surface area (Å²) < 4.78 is 11.0. The maximum absolute atomic E-state index is 12.6. The molecule has 0 amide bonds. The number of hydrogen-bond donors (Lipinski definition) is 0. The second-order valence-electron chi connectivity index (χ2n) is 5.22. The van der Waals surface area contributed by atoms with Crippen LogP contribution in [0.5, 0.6) is 11.5 Å². The number of benzene rings is 2. The van der Waals surface area contributed by atoms with Crippen LogP contribution in [0.4, 0.5) is 0 Å². The van der Waals surface area contributed by atoms with E-state index in [9.17, 15) is 4.79 Å². The van der Waals surface area contributed by atoms with Crippen LogP contribution >= 0.6 is 0 Å². The third kappa shape index (κ3) is 3.03. The zero-order valence-electron chi connectivity index (χ0n) is 12.5. The van der Waals surface area contributed by atoms with Gasteiger partial charge in [0, 0.05) is 6.42 Å². The molecule has 0 spiro atoms. The average Bonchev–Trinajstić information content (AvgIpc) is 2.58. The molecule has 0 fully saturated rings. The highest BCUT2D eigenvalue weighted by Gasteiger charge is 2.15. The van der Waals surface area contributed by atoms with E-state index in [1.54, 1.807) is 7.11 Å². The van der Waals surface area contributed by atoms with Crippen molar-refractivity contribution < 1.29 is 14.3 Å². The molecule has 1 aliphatic rings. The first-order valence-corrected chi connectivity index (χ1v) is 7.34. The lowest BCUT2D eigenvalue weighted by atomic mass is 9.96. The van der Waals surface area contributed by atoms with Gasteiger partial charge in [0.15, 0.2) is 5.78 Å². The molecule has 2 aromatic carbocycles. The van der Waals surface area contributed by atoms with Gasteiger partial charge in [0.1, 0.15) is 18.1 Å². The second kappa shape index (κ2) is 6.48. The molecule has 0 unspecified atom stereocenters. The number of ketones is 1. The van der Waals surface area contributed by atoms with Gasteiger partial charge in [0.05, 0.1) is 12.7 Å². The van der Waals surface area contributed by atoms with Crippen LogP contribution in [0.1, 0.15) is 21.5 Å². The van der Waals surface area contributed by atoms with Gasteiger partial charge < -0.3 is 9.47 Å². The minimum atomic E-state index is 0.0731. The molecule has 112 valence electrons. The number of fused-ring (bicyclic) bond motifs is 2. The van der Waals surface area contributed by atoms with Crippen molar-refractivity contribution in [2.75, 3.05) is 13.7 Å². The number of hydrogen-bond acceptors (Lipinski definition) is 3. The highest BCUT2D eigenvalue weighted by atomic mass is 16.5. The van der Waals surface area contributed by atoms with Gasteiger partial charge in [-0.2, -0.15) is 0 Å². The Morgan fingerprint density at radius 1 is 1.05 bits per heavy atom. The van der Waals surface area contributed by atoms with Crippen molar-refractivity contribution in [2.24, 2.45) is 0 Å². The third-order valence-corrected chi connectivity index (χ3v) is 3.79. The summed E-state index contributed by atoms with van der Waals surface area (Å²) in [5.74, 6) is 1.53. The van der Waals surface area contributed by atoms with Gasteiger partial charge in [0.2, 0.25) is 0 Å². The van der Waals surface area contributed by atoms with Crippen molar-refractivity contribution in [1.29, 1.82) is 0 Å². The zero-order chi connectivity index (χ0) is 15.4. The van der Waals surface area contributed by atoms with Crippen LogP contribution in [0.3, 0.4) is 0 Å². The Morgan fingerprint density at radius 2 is 1.91 bits per heavy atom. The normalized spacial score (nSPS) is 15.8. The molecule has 3 heteroatoms. The van der Waals surface area contributed by atoms with Crippen LogP contribution in [-0.2, 0) is 12.8 Å². The third-order valence-electron chi connectivity index (χ3n) is 3.79. The molecule has 0 atom stereocenters. The van der Waals surface area contributed by atoms with E-state index in [0.717, 1.165) is 23.3 Å². The van der Waals surface area contributed by atoms with Crippen molar-refractivity contribution >= 4 is 5.78 Å². The summed E-state index contributed by atoms with van der Waals surface area (Å²) in [5.41, 5.74) is 2.79. The number of ether oxygens (including phenoxy) is 2. The molecule has 1 heterocycles. The van der Waals surface area contributed by atoms with Crippen molar-refractivity contribution in [3.8, 4) is 11.5 Å². The Hall–Kier alpha value is -2.55. The van der Waals surface area contributed by atoms with E-state index >= 15 is 0 Å². The van der Waals surface area contributed by atoms with Gasteiger partial charge in [0.25, 0.3) is 0 Å². The average molecular weight is 294 g/mol. The van der Waals surface area contributed by atoms with Gasteiger partial charge in [-0.1, -0.05) is 30.4 Å². The SMILES string of the molecule is COc1ccc2c(c1)C/C=C\COc1ccccc1C(=O)C2. The van der Waals surface area contributed by atoms with E-state index in [-0.39, 0.29) is 5.78 Å². The molecular formula is C19H18O3. The predicted molar refractivity (Wildman–Crippen MR) is 85.8 cm³/mol. The van der Waals surface area contributed by atoms with Crippen LogP contribution in [0.15, 0.2) is 54.6 Å². The fraction of sp³-hybridized carbons (Fsp3) is 0.211. The lowest BCUT2D eigenvalue weighted by Crippen LogP contribution is -2.08. The quantitative estimate of drug-likeness (QED) is 0.754. The van der Waals surface area contributed by atoms with Crippen LogP contribution in [-0.4, -0.2) is 19.5 Å². The van der Waals surface area contributed by atoms with E-state index < -0.39 is 0 Å². The van der Waals surface area contributed by atoms with Gasteiger partial charge in [-0.3, -0.25) is 4.79 Å². The first kappa shape index (κ1) is 14.4. The van der Waals surface area contributed by atoms with Crippen LogP contribution in [0.2, 0.25) is 0 Å². The molecule has 0 bridgehead atoms. The molecule has 0 aliphatic carbocycles. The molecular weight excluding hydrogens is 276 g/mol. The molecule has 0 radical (unpaired) electrons. The molecule has 0 saturated carbocycles. The van der Waals surface area contributed by atoms with Crippen LogP contribution in [0, 0.1) is 0 Å². The van der Waals surface area contributed by atoms with Gasteiger partial charge in [-0.15, -0.1) is 0 Å². The number of rotatable bonds is 1. The molecule has 2 aromatic rings. The number of allylic oxidation sites excluding steroid dienone is 1. The molecule has 3 rings (SSSR count). The van der Waals surface area contributed by atoms with Gasteiger partial charge >= 0.3 is 0 Å². The maximum atomic E-state index is 12.6. The number of carbonyl (C=O) groups is 1. The number of para-hydroxylation sites is 1. The smallest absolute Gasteiger partial charge is 0.170 e. The van der Waals surface area contributed by atoms with Gasteiger partial charge in [-0.05, 0) is 41.8 Å². The molecule has 1 aliphatic heterocycles. The summed E-state index contributed by atoms with van der Waals surface area (Å²) in [6.07, 6.45) is 5.18. The van der Waals surface area contributed by atoms with E-state index in [0.29, 0.717) is 24.3 Å². The molecule has 3 nitrogen and oxygen atoms in total. The Bertz CT molecular complexity index is 716. The Balaban J connectivity index is 2.02. The van der Waals surface area contributed by atoms with E-state index in [4.69, 9.17) is 9.47 Å². The van der Waals surface area contributed by atoms with Crippen molar-refractivity contribution in [2.45, 2.75) is 12.8 Å². The fourth-order valence-electron chi connectivity index (χ4n) is 2.60. The summed E-state index contributed by atoms with van der Waals surface area (Å²) >= 11 is 0. The zero-order valence-corrected chi connectivity index (χ0v) is 12.5. The number of carbonyl (C=O) groups excluding carboxylic acids is 1. The largest absolute Gasteiger partial charge is 0.497 e. The predicted octanol–water partition coefficient (Wildman–Crippen LogP) is 3.61. The summed E-state index contributed by atoms with van der Waals surface area (Å²) in [4.78, 5) is 12.6. The van der Waals surface area contributed by atoms with E-state index in [1.807, 2.05) is 48.5 Å². The van der Waals surface area contributed by atoms with E-state index in [2.05, 4.69) is 6.08 Å². The highest BCUT2D eigenvalue weighted by Crippen LogP contribution is 2.24. The summed E-state index contributed by atoms with van der Waals surface area (Å²) in [6.45, 7) is 0.462. The molecule has 0 saturated heterocycles. The fourth-order valence-corrected chi connectivity index (χ4v) is 2.60. The Kier molecular flexibility index (Phi) is 4.24. The van der Waals surface area contributed by atoms with Crippen LogP contribution < -0.4 is 9.47 Å². The lowest BCUT2D eigenvalue weighted by molar-refractivity contribution is 0.0989. The van der Waals surface area contributed by atoms with Crippen LogP contribution in [0.25, 0.3) is 0 Å². The Morgan fingerprint density at radius 3 is 2.77 bits per heavy atom. The topological polar surface area (TPSA) is 35.5 Å². The standard InChI is InChI=1S/C19H18O3/c1-21-16-10-9-15-13-18(20)17-7-2-3-8-19(17)22-11-5-4-6-14(15)12-16/h2-5,7-10,12H,6,11,13H2,1H3/b5-4-. The molecule has 22 heavy (non-hydrogen) atoms. The summed E-state index contributed by atoms with van der Waals surface area (Å²) in [6, 6.07) is 13.3. The van der Waals surface area contributed by atoms with Crippen molar-refractivity contribution in [3.63, 3.8) is 0 Å². The van der Waals surface area contributed by atoms with E-state index in [1.165, 1.54) is 0 Å². The summed E-state index contributed by atoms with van der Waals surface area (Å²) in [5, 5.41) is 0. The maximum Gasteiger partial charge on any atom is 0.170 e.